The highest BCUT2D eigenvalue weighted by atomic mass is 15.2. The SMILES string of the molecule is CCN(c1cnccc1N)C(C)(C)C. The van der Waals surface area contributed by atoms with Crippen molar-refractivity contribution in [1.82, 2.24) is 4.98 Å². The lowest BCUT2D eigenvalue weighted by molar-refractivity contribution is 0.513. The van der Waals surface area contributed by atoms with Gasteiger partial charge in [-0.05, 0) is 33.8 Å². The van der Waals surface area contributed by atoms with Gasteiger partial charge in [0.25, 0.3) is 0 Å². The van der Waals surface area contributed by atoms with E-state index in [1.165, 1.54) is 0 Å². The second-order valence-corrected chi connectivity index (χ2v) is 4.35. The van der Waals surface area contributed by atoms with Crippen LogP contribution in [0.2, 0.25) is 0 Å². The van der Waals surface area contributed by atoms with Gasteiger partial charge in [0.15, 0.2) is 0 Å². The maximum Gasteiger partial charge on any atom is 0.0790 e. The van der Waals surface area contributed by atoms with E-state index in [9.17, 15) is 0 Å². The average Bonchev–Trinajstić information content (AvgIpc) is 2.07. The number of nitrogens with zero attached hydrogens (tertiary/aromatic N) is 2. The zero-order valence-corrected chi connectivity index (χ0v) is 9.41. The highest BCUT2D eigenvalue weighted by Crippen LogP contribution is 2.27. The van der Waals surface area contributed by atoms with Crippen LogP contribution in [0.25, 0.3) is 0 Å². The molecule has 78 valence electrons. The third-order valence-corrected chi connectivity index (χ3v) is 2.25. The maximum atomic E-state index is 5.91. The van der Waals surface area contributed by atoms with Gasteiger partial charge < -0.3 is 10.6 Å². The summed E-state index contributed by atoms with van der Waals surface area (Å²) < 4.78 is 0. The van der Waals surface area contributed by atoms with Crippen LogP contribution in [0, 0.1) is 0 Å². The molecular weight excluding hydrogens is 174 g/mol. The molecule has 0 saturated carbocycles. The molecule has 2 N–H and O–H groups in total. The molecule has 1 rings (SSSR count). The fraction of sp³-hybridized carbons (Fsp3) is 0.545. The lowest BCUT2D eigenvalue weighted by Crippen LogP contribution is -2.41. The Morgan fingerprint density at radius 2 is 2.07 bits per heavy atom. The molecule has 0 unspecified atom stereocenters. The van der Waals surface area contributed by atoms with E-state index in [1.54, 1.807) is 6.20 Å². The highest BCUT2D eigenvalue weighted by molar-refractivity contribution is 5.66. The van der Waals surface area contributed by atoms with Crippen molar-refractivity contribution in [2.24, 2.45) is 0 Å². The van der Waals surface area contributed by atoms with Crippen LogP contribution >= 0.6 is 0 Å². The summed E-state index contributed by atoms with van der Waals surface area (Å²) in [7, 11) is 0. The first-order chi connectivity index (χ1) is 6.46. The largest absolute Gasteiger partial charge is 0.397 e. The third kappa shape index (κ3) is 2.16. The van der Waals surface area contributed by atoms with Gasteiger partial charge >= 0.3 is 0 Å². The van der Waals surface area contributed by atoms with E-state index in [-0.39, 0.29) is 5.54 Å². The van der Waals surface area contributed by atoms with Crippen LogP contribution in [0.3, 0.4) is 0 Å². The quantitative estimate of drug-likeness (QED) is 0.783. The van der Waals surface area contributed by atoms with E-state index in [1.807, 2.05) is 12.3 Å². The van der Waals surface area contributed by atoms with Gasteiger partial charge in [0.2, 0.25) is 0 Å². The molecule has 0 bridgehead atoms. The molecular formula is C11H19N3. The molecule has 0 atom stereocenters. The molecule has 0 radical (unpaired) electrons. The number of pyridine rings is 1. The molecule has 0 amide bonds. The van der Waals surface area contributed by atoms with Gasteiger partial charge in [-0.25, -0.2) is 0 Å². The number of hydrogen-bond acceptors (Lipinski definition) is 3. The van der Waals surface area contributed by atoms with Crippen molar-refractivity contribution in [3.05, 3.63) is 18.5 Å². The first-order valence-corrected chi connectivity index (χ1v) is 4.94. The Balaban J connectivity index is 3.08. The molecule has 0 aromatic carbocycles. The molecule has 1 heterocycles. The number of nitrogen functional groups attached to an aromatic ring is 1. The normalized spacial score (nSPS) is 11.4. The van der Waals surface area contributed by atoms with Gasteiger partial charge in [0.1, 0.15) is 0 Å². The zero-order chi connectivity index (χ0) is 10.8. The van der Waals surface area contributed by atoms with Crippen molar-refractivity contribution < 1.29 is 0 Å². The van der Waals surface area contributed by atoms with Gasteiger partial charge in [0.05, 0.1) is 17.6 Å². The Kier molecular flexibility index (Phi) is 2.99. The van der Waals surface area contributed by atoms with Crippen molar-refractivity contribution in [3.8, 4) is 0 Å². The molecule has 14 heavy (non-hydrogen) atoms. The monoisotopic (exact) mass is 193 g/mol. The van der Waals surface area contributed by atoms with Gasteiger partial charge in [0, 0.05) is 18.3 Å². The van der Waals surface area contributed by atoms with Gasteiger partial charge in [-0.1, -0.05) is 0 Å². The van der Waals surface area contributed by atoms with E-state index in [4.69, 9.17) is 5.73 Å². The third-order valence-electron chi connectivity index (χ3n) is 2.25. The first kappa shape index (κ1) is 10.8. The molecule has 0 aliphatic rings. The summed E-state index contributed by atoms with van der Waals surface area (Å²) in [6, 6.07) is 1.84. The lowest BCUT2D eigenvalue weighted by Gasteiger charge is -2.37. The number of anilines is 2. The Morgan fingerprint density at radius 1 is 1.43 bits per heavy atom. The standard InChI is InChI=1S/C11H19N3/c1-5-14(11(2,3)4)10-8-13-7-6-9(10)12/h6-8H,5H2,1-4H3,(H2,12,13). The van der Waals surface area contributed by atoms with Crippen molar-refractivity contribution in [2.45, 2.75) is 33.2 Å². The zero-order valence-electron chi connectivity index (χ0n) is 9.41. The summed E-state index contributed by atoms with van der Waals surface area (Å²) in [5.41, 5.74) is 7.79. The van der Waals surface area contributed by atoms with Crippen LogP contribution in [0.15, 0.2) is 18.5 Å². The van der Waals surface area contributed by atoms with Crippen molar-refractivity contribution in [1.29, 1.82) is 0 Å². The summed E-state index contributed by atoms with van der Waals surface area (Å²) >= 11 is 0. The van der Waals surface area contributed by atoms with Crippen molar-refractivity contribution in [2.75, 3.05) is 17.2 Å². The molecule has 0 spiro atoms. The van der Waals surface area contributed by atoms with E-state index >= 15 is 0 Å². The predicted molar refractivity (Wildman–Crippen MR) is 61.4 cm³/mol. The summed E-state index contributed by atoms with van der Waals surface area (Å²) in [4.78, 5) is 6.35. The van der Waals surface area contributed by atoms with Crippen LogP contribution in [-0.4, -0.2) is 17.1 Å². The van der Waals surface area contributed by atoms with E-state index in [0.717, 1.165) is 17.9 Å². The molecule has 1 aromatic rings. The molecule has 0 aliphatic heterocycles. The van der Waals surface area contributed by atoms with Crippen LogP contribution in [0.5, 0.6) is 0 Å². The van der Waals surface area contributed by atoms with Gasteiger partial charge in [-0.15, -0.1) is 0 Å². The molecule has 0 fully saturated rings. The average molecular weight is 193 g/mol. The fourth-order valence-electron chi connectivity index (χ4n) is 1.63. The van der Waals surface area contributed by atoms with E-state index in [0.29, 0.717) is 0 Å². The minimum absolute atomic E-state index is 0.0753. The number of aromatic nitrogens is 1. The molecule has 0 saturated heterocycles. The Bertz CT molecular complexity index is 302. The Hall–Kier alpha value is -1.25. The van der Waals surface area contributed by atoms with Crippen molar-refractivity contribution in [3.63, 3.8) is 0 Å². The number of rotatable bonds is 2. The summed E-state index contributed by atoms with van der Waals surface area (Å²) in [5, 5.41) is 0. The van der Waals surface area contributed by atoms with Gasteiger partial charge in [-0.3, -0.25) is 4.98 Å². The lowest BCUT2D eigenvalue weighted by atomic mass is 10.1. The molecule has 3 nitrogen and oxygen atoms in total. The second-order valence-electron chi connectivity index (χ2n) is 4.35. The Labute approximate surface area is 85.9 Å². The van der Waals surface area contributed by atoms with E-state index in [2.05, 4.69) is 37.6 Å². The second kappa shape index (κ2) is 3.86. The van der Waals surface area contributed by atoms with E-state index < -0.39 is 0 Å². The summed E-state index contributed by atoms with van der Waals surface area (Å²) in [6.07, 6.45) is 3.54. The smallest absolute Gasteiger partial charge is 0.0790 e. The minimum atomic E-state index is 0.0753. The minimum Gasteiger partial charge on any atom is -0.397 e. The molecule has 3 heteroatoms. The summed E-state index contributed by atoms with van der Waals surface area (Å²) in [5.74, 6) is 0. The van der Waals surface area contributed by atoms with Gasteiger partial charge in [-0.2, -0.15) is 0 Å². The predicted octanol–water partition coefficient (Wildman–Crippen LogP) is 2.29. The van der Waals surface area contributed by atoms with Crippen LogP contribution in [-0.2, 0) is 0 Å². The number of hydrogen-bond donors (Lipinski definition) is 1. The first-order valence-electron chi connectivity index (χ1n) is 4.94. The fourth-order valence-corrected chi connectivity index (χ4v) is 1.63. The maximum absolute atomic E-state index is 5.91. The Morgan fingerprint density at radius 3 is 2.50 bits per heavy atom. The van der Waals surface area contributed by atoms with Crippen LogP contribution < -0.4 is 10.6 Å². The molecule has 1 aromatic heterocycles. The summed E-state index contributed by atoms with van der Waals surface area (Å²) in [6.45, 7) is 9.56. The number of nitrogens with two attached hydrogens (primary N) is 1. The molecule has 0 aliphatic carbocycles. The van der Waals surface area contributed by atoms with Crippen molar-refractivity contribution >= 4 is 11.4 Å². The van der Waals surface area contributed by atoms with Crippen LogP contribution in [0.4, 0.5) is 11.4 Å². The topological polar surface area (TPSA) is 42.2 Å². The van der Waals surface area contributed by atoms with Crippen LogP contribution in [0.1, 0.15) is 27.7 Å². The highest BCUT2D eigenvalue weighted by Gasteiger charge is 2.21.